The number of carbonyl (C=O) groups is 1. The van der Waals surface area contributed by atoms with Crippen molar-refractivity contribution < 1.29 is 17.9 Å². The monoisotopic (exact) mass is 523 g/mol. The van der Waals surface area contributed by atoms with Gasteiger partial charge in [0.25, 0.3) is 0 Å². The van der Waals surface area contributed by atoms with E-state index in [1.165, 1.54) is 32.4 Å². The summed E-state index contributed by atoms with van der Waals surface area (Å²) in [7, 11) is -3.71. The van der Waals surface area contributed by atoms with E-state index >= 15 is 0 Å². The molecule has 7 nitrogen and oxygen atoms in total. The average Bonchev–Trinajstić information content (AvgIpc) is 2.86. The fourth-order valence-corrected chi connectivity index (χ4v) is 8.71. The zero-order valence-corrected chi connectivity index (χ0v) is 22.2. The molecular weight excluding hydrogens is 486 g/mol. The third kappa shape index (κ3) is 5.36. The van der Waals surface area contributed by atoms with Gasteiger partial charge in [0.15, 0.2) is 0 Å². The Labute approximate surface area is 214 Å². The predicted molar refractivity (Wildman–Crippen MR) is 136 cm³/mol. The second kappa shape index (κ2) is 10.6. The number of ether oxygens (including phenoxy) is 1. The number of hydrogen-bond donors (Lipinski definition) is 0. The molecule has 0 N–H and O–H groups in total. The molecule has 4 heterocycles. The van der Waals surface area contributed by atoms with Gasteiger partial charge >= 0.3 is 6.09 Å². The van der Waals surface area contributed by atoms with Gasteiger partial charge in [0.2, 0.25) is 10.0 Å². The molecule has 2 unspecified atom stereocenters. The quantitative estimate of drug-likeness (QED) is 0.569. The van der Waals surface area contributed by atoms with Gasteiger partial charge in [-0.05, 0) is 94.6 Å². The number of piperidine rings is 4. The first-order valence-corrected chi connectivity index (χ1v) is 15.1. The minimum atomic E-state index is -3.71. The van der Waals surface area contributed by atoms with Crippen LogP contribution in [0.2, 0.25) is 5.02 Å². The Kier molecular flexibility index (Phi) is 7.64. The summed E-state index contributed by atoms with van der Waals surface area (Å²) >= 11 is 6.00. The zero-order chi connectivity index (χ0) is 24.6. The molecule has 4 fully saturated rings. The molecule has 1 aromatic rings. The van der Waals surface area contributed by atoms with Crippen LogP contribution < -0.4 is 0 Å². The van der Waals surface area contributed by atoms with Crippen LogP contribution in [-0.2, 0) is 14.8 Å². The van der Waals surface area contributed by atoms with Gasteiger partial charge in [-0.25, -0.2) is 13.2 Å². The average molecular weight is 524 g/mol. The molecule has 194 valence electrons. The molecule has 4 saturated heterocycles. The number of benzene rings is 1. The van der Waals surface area contributed by atoms with Crippen LogP contribution in [-0.4, -0.2) is 79.0 Å². The Balaban J connectivity index is 1.26. The molecule has 4 aliphatic heterocycles. The zero-order valence-electron chi connectivity index (χ0n) is 20.6. The highest BCUT2D eigenvalue weighted by Gasteiger charge is 2.49. The summed E-state index contributed by atoms with van der Waals surface area (Å²) < 4.78 is 35.1. The predicted octanol–water partition coefficient (Wildman–Crippen LogP) is 4.75. The summed E-state index contributed by atoms with van der Waals surface area (Å²) in [6.45, 7) is 5.94. The number of nitrogens with zero attached hydrogens (tertiary/aromatic N) is 3. The van der Waals surface area contributed by atoms with Gasteiger partial charge in [0, 0.05) is 30.2 Å². The molecule has 0 saturated carbocycles. The third-order valence-electron chi connectivity index (χ3n) is 8.49. The molecule has 0 aromatic heterocycles. The fraction of sp³-hybridized carbons (Fsp3) is 0.731. The van der Waals surface area contributed by atoms with E-state index in [4.69, 9.17) is 16.3 Å². The van der Waals surface area contributed by atoms with Gasteiger partial charge in [-0.15, -0.1) is 0 Å². The summed E-state index contributed by atoms with van der Waals surface area (Å²) in [6.07, 6.45) is 8.13. The third-order valence-corrected chi connectivity index (χ3v) is 10.7. The van der Waals surface area contributed by atoms with Crippen molar-refractivity contribution in [3.8, 4) is 0 Å². The highest BCUT2D eigenvalue weighted by Crippen LogP contribution is 2.42. The maximum absolute atomic E-state index is 13.7. The molecular formula is C26H38ClN3O4S. The van der Waals surface area contributed by atoms with Crippen molar-refractivity contribution in [2.24, 2.45) is 5.92 Å². The van der Waals surface area contributed by atoms with Crippen molar-refractivity contribution in [1.29, 1.82) is 0 Å². The lowest BCUT2D eigenvalue weighted by atomic mass is 9.79. The van der Waals surface area contributed by atoms with Crippen molar-refractivity contribution >= 4 is 27.7 Å². The van der Waals surface area contributed by atoms with Crippen molar-refractivity contribution in [3.63, 3.8) is 0 Å². The highest BCUT2D eigenvalue weighted by atomic mass is 35.5. The Hall–Kier alpha value is -1.35. The topological polar surface area (TPSA) is 70.2 Å². The summed E-state index contributed by atoms with van der Waals surface area (Å²) in [5, 5.41) is 0.507. The summed E-state index contributed by atoms with van der Waals surface area (Å²) in [5.74, 6) is 0.392. The normalized spacial score (nSPS) is 31.3. The number of rotatable bonds is 4. The molecule has 9 heteroatoms. The Morgan fingerprint density at radius 1 is 0.914 bits per heavy atom. The molecule has 35 heavy (non-hydrogen) atoms. The number of carbonyl (C=O) groups excluding carboxylic acids is 1. The number of hydrogen-bond acceptors (Lipinski definition) is 5. The van der Waals surface area contributed by atoms with E-state index < -0.39 is 16.1 Å². The van der Waals surface area contributed by atoms with Crippen LogP contribution in [0.25, 0.3) is 0 Å². The van der Waals surface area contributed by atoms with Crippen LogP contribution in [0.4, 0.5) is 4.79 Å². The van der Waals surface area contributed by atoms with Crippen LogP contribution in [0.15, 0.2) is 29.2 Å². The first kappa shape index (κ1) is 25.3. The molecule has 1 aromatic carbocycles. The van der Waals surface area contributed by atoms with Crippen molar-refractivity contribution in [2.45, 2.75) is 93.8 Å². The minimum absolute atomic E-state index is 0.0559. The van der Waals surface area contributed by atoms with Crippen molar-refractivity contribution in [2.75, 3.05) is 26.2 Å². The van der Waals surface area contributed by atoms with E-state index in [2.05, 4.69) is 11.8 Å². The smallest absolute Gasteiger partial charge is 0.410 e. The second-order valence-electron chi connectivity index (χ2n) is 10.9. The van der Waals surface area contributed by atoms with Gasteiger partial charge in [-0.3, -0.25) is 0 Å². The van der Waals surface area contributed by atoms with Gasteiger partial charge in [0.05, 0.1) is 10.9 Å². The van der Waals surface area contributed by atoms with Crippen molar-refractivity contribution in [1.82, 2.24) is 14.1 Å². The standard InChI is InChI=1S/C26H38ClN3O4S/c1-19-17-22-7-10-25(24(18-19)30(22)35(32,33)23-8-5-20(27)6-9-23)34-26(31)29-15-11-21(12-16-29)28-13-3-2-4-14-28/h5-6,8-9,19,21-22,24-25H,2-4,7,10-18H2,1H3/t19-,22?,24?,25-/m1/s1. The van der Waals surface area contributed by atoms with E-state index in [1.807, 2.05) is 4.90 Å². The fourth-order valence-electron chi connectivity index (χ4n) is 6.70. The first-order chi connectivity index (χ1) is 16.8. The largest absolute Gasteiger partial charge is 0.444 e. The highest BCUT2D eigenvalue weighted by molar-refractivity contribution is 7.89. The summed E-state index contributed by atoms with van der Waals surface area (Å²) in [5.41, 5.74) is 0. The Morgan fingerprint density at radius 3 is 2.29 bits per heavy atom. The second-order valence-corrected chi connectivity index (χ2v) is 13.2. The van der Waals surface area contributed by atoms with E-state index in [-0.39, 0.29) is 23.1 Å². The lowest BCUT2D eigenvalue weighted by Gasteiger charge is -2.50. The van der Waals surface area contributed by atoms with E-state index in [0.29, 0.717) is 49.3 Å². The molecule has 4 atom stereocenters. The number of sulfonamides is 1. The molecule has 1 amide bonds. The SMILES string of the molecule is C[C@@H]1CC2CC[C@@H](OC(=O)N3CCC(N4CCCCC4)CC3)C(C1)N2S(=O)(=O)c1ccc(Cl)cc1. The summed E-state index contributed by atoms with van der Waals surface area (Å²) in [4.78, 5) is 17.8. The molecule has 5 rings (SSSR count). The van der Waals surface area contributed by atoms with E-state index in [1.54, 1.807) is 28.6 Å². The molecule has 0 aliphatic carbocycles. The van der Waals surface area contributed by atoms with Gasteiger partial charge in [-0.2, -0.15) is 4.31 Å². The minimum Gasteiger partial charge on any atom is -0.444 e. The van der Waals surface area contributed by atoms with E-state index in [0.717, 1.165) is 19.3 Å². The van der Waals surface area contributed by atoms with Crippen LogP contribution >= 0.6 is 11.6 Å². The van der Waals surface area contributed by atoms with Gasteiger partial charge < -0.3 is 14.5 Å². The van der Waals surface area contributed by atoms with Crippen molar-refractivity contribution in [3.05, 3.63) is 29.3 Å². The van der Waals surface area contributed by atoms with E-state index in [9.17, 15) is 13.2 Å². The van der Waals surface area contributed by atoms with Gasteiger partial charge in [0.1, 0.15) is 6.10 Å². The van der Waals surface area contributed by atoms with Crippen LogP contribution in [0.5, 0.6) is 0 Å². The lowest BCUT2D eigenvalue weighted by Crippen LogP contribution is -2.60. The number of amides is 1. The van der Waals surface area contributed by atoms with Gasteiger partial charge in [-0.1, -0.05) is 24.9 Å². The molecule has 0 radical (unpaired) electrons. The molecule has 4 aliphatic rings. The lowest BCUT2D eigenvalue weighted by molar-refractivity contribution is -0.0388. The molecule has 2 bridgehead atoms. The van der Waals surface area contributed by atoms with Crippen LogP contribution in [0.3, 0.4) is 0 Å². The Bertz CT molecular complexity index is 990. The maximum atomic E-state index is 13.7. The maximum Gasteiger partial charge on any atom is 0.410 e. The van der Waals surface area contributed by atoms with Crippen LogP contribution in [0, 0.1) is 5.92 Å². The first-order valence-electron chi connectivity index (χ1n) is 13.3. The number of halogens is 1. The Morgan fingerprint density at radius 2 is 1.60 bits per heavy atom. The summed E-state index contributed by atoms with van der Waals surface area (Å²) in [6, 6.07) is 6.54. The number of likely N-dealkylation sites (tertiary alicyclic amines) is 2. The van der Waals surface area contributed by atoms with Crippen LogP contribution in [0.1, 0.15) is 64.7 Å². The molecule has 0 spiro atoms. The number of fused-ring (bicyclic) bond motifs is 2.